The van der Waals surface area contributed by atoms with Crippen molar-refractivity contribution in [3.63, 3.8) is 0 Å². The molecule has 84 valence electrons. The smallest absolute Gasteiger partial charge is 0.315 e. The van der Waals surface area contributed by atoms with Gasteiger partial charge < -0.3 is 4.90 Å². The molecule has 1 saturated heterocycles. The highest BCUT2D eigenvalue weighted by Gasteiger charge is 2.44. The number of carbonyl (C=O) groups is 2. The van der Waals surface area contributed by atoms with E-state index in [-0.39, 0.29) is 18.0 Å². The SMILES string of the molecule is CN1C(=O)C(C2CCCCC2)N(C)C1=O. The minimum Gasteiger partial charge on any atom is -0.315 e. The maximum absolute atomic E-state index is 11.9. The summed E-state index contributed by atoms with van der Waals surface area (Å²) in [5, 5.41) is 0. The monoisotopic (exact) mass is 210 g/mol. The van der Waals surface area contributed by atoms with Crippen LogP contribution in [0, 0.1) is 5.92 Å². The summed E-state index contributed by atoms with van der Waals surface area (Å²) in [7, 11) is 3.31. The Kier molecular flexibility index (Phi) is 2.67. The summed E-state index contributed by atoms with van der Waals surface area (Å²) in [6.07, 6.45) is 5.83. The van der Waals surface area contributed by atoms with E-state index in [1.807, 2.05) is 0 Å². The van der Waals surface area contributed by atoms with Gasteiger partial charge in [0.1, 0.15) is 6.04 Å². The van der Waals surface area contributed by atoms with Crippen LogP contribution in [0.4, 0.5) is 4.79 Å². The fourth-order valence-corrected chi connectivity index (χ4v) is 2.78. The molecule has 0 aromatic heterocycles. The van der Waals surface area contributed by atoms with Crippen LogP contribution in [-0.2, 0) is 4.79 Å². The Balaban J connectivity index is 2.14. The first-order chi connectivity index (χ1) is 7.13. The predicted molar refractivity (Wildman–Crippen MR) is 56.3 cm³/mol. The van der Waals surface area contributed by atoms with Crippen molar-refractivity contribution in [3.8, 4) is 0 Å². The molecule has 1 atom stereocenters. The number of urea groups is 1. The van der Waals surface area contributed by atoms with Crippen molar-refractivity contribution in [1.29, 1.82) is 0 Å². The molecule has 3 amide bonds. The molecule has 0 spiro atoms. The molecule has 15 heavy (non-hydrogen) atoms. The third-order valence-electron chi connectivity index (χ3n) is 3.69. The number of rotatable bonds is 1. The first-order valence-electron chi connectivity index (χ1n) is 5.67. The summed E-state index contributed by atoms with van der Waals surface area (Å²) >= 11 is 0. The molecule has 1 unspecified atom stereocenters. The van der Waals surface area contributed by atoms with Crippen molar-refractivity contribution in [1.82, 2.24) is 9.80 Å². The predicted octanol–water partition coefficient (Wildman–Crippen LogP) is 1.46. The highest BCUT2D eigenvalue weighted by atomic mass is 16.2. The molecule has 4 nitrogen and oxygen atoms in total. The van der Waals surface area contributed by atoms with Gasteiger partial charge in [-0.05, 0) is 18.8 Å². The van der Waals surface area contributed by atoms with Gasteiger partial charge in [-0.2, -0.15) is 0 Å². The molecule has 0 aromatic carbocycles. The summed E-state index contributed by atoms with van der Waals surface area (Å²) in [5.41, 5.74) is 0. The zero-order valence-electron chi connectivity index (χ0n) is 9.40. The Morgan fingerprint density at radius 3 is 2.13 bits per heavy atom. The molecule has 0 aromatic rings. The van der Waals surface area contributed by atoms with Crippen LogP contribution in [0.1, 0.15) is 32.1 Å². The van der Waals surface area contributed by atoms with E-state index in [4.69, 9.17) is 0 Å². The van der Waals surface area contributed by atoms with Gasteiger partial charge in [-0.15, -0.1) is 0 Å². The Morgan fingerprint density at radius 1 is 1.07 bits per heavy atom. The van der Waals surface area contributed by atoms with E-state index in [9.17, 15) is 9.59 Å². The number of likely N-dealkylation sites (N-methyl/N-ethyl adjacent to an activating group) is 2. The van der Waals surface area contributed by atoms with Crippen LogP contribution in [-0.4, -0.2) is 41.9 Å². The average Bonchev–Trinajstić information content (AvgIpc) is 2.45. The second-order valence-corrected chi connectivity index (χ2v) is 4.63. The van der Waals surface area contributed by atoms with Crippen molar-refractivity contribution in [2.24, 2.45) is 5.92 Å². The maximum atomic E-state index is 11.9. The van der Waals surface area contributed by atoms with Crippen LogP contribution >= 0.6 is 0 Å². The number of nitrogens with zero attached hydrogens (tertiary/aromatic N) is 2. The first-order valence-corrected chi connectivity index (χ1v) is 5.67. The Morgan fingerprint density at radius 2 is 1.67 bits per heavy atom. The second kappa shape index (κ2) is 3.83. The van der Waals surface area contributed by atoms with E-state index in [2.05, 4.69) is 0 Å². The van der Waals surface area contributed by atoms with Gasteiger partial charge in [0.15, 0.2) is 0 Å². The van der Waals surface area contributed by atoms with Gasteiger partial charge in [0, 0.05) is 14.1 Å². The highest BCUT2D eigenvalue weighted by molar-refractivity contribution is 6.03. The standard InChI is InChI=1S/C11H18N2O2/c1-12-9(8-6-4-3-5-7-8)10(14)13(2)11(12)15/h8-9H,3-7H2,1-2H3. The minimum absolute atomic E-state index is 0.0191. The van der Waals surface area contributed by atoms with E-state index in [1.165, 1.54) is 24.2 Å². The van der Waals surface area contributed by atoms with Gasteiger partial charge in [-0.25, -0.2) is 4.79 Å². The quantitative estimate of drug-likeness (QED) is 0.615. The van der Waals surface area contributed by atoms with Gasteiger partial charge in [0.2, 0.25) is 0 Å². The van der Waals surface area contributed by atoms with Crippen LogP contribution in [0.25, 0.3) is 0 Å². The lowest BCUT2D eigenvalue weighted by atomic mass is 9.83. The molecular formula is C11H18N2O2. The summed E-state index contributed by atoms with van der Waals surface area (Å²) in [5.74, 6) is 0.361. The molecular weight excluding hydrogens is 192 g/mol. The molecule has 0 bridgehead atoms. The van der Waals surface area contributed by atoms with Gasteiger partial charge in [-0.3, -0.25) is 9.69 Å². The molecule has 2 fully saturated rings. The Hall–Kier alpha value is -1.06. The highest BCUT2D eigenvalue weighted by Crippen LogP contribution is 2.32. The first kappa shape index (κ1) is 10.5. The van der Waals surface area contributed by atoms with Crippen LogP contribution < -0.4 is 0 Å². The Bertz CT molecular complexity index is 284. The van der Waals surface area contributed by atoms with Gasteiger partial charge in [0.25, 0.3) is 5.91 Å². The third-order valence-corrected chi connectivity index (χ3v) is 3.69. The lowest BCUT2D eigenvalue weighted by molar-refractivity contribution is -0.129. The van der Waals surface area contributed by atoms with Crippen molar-refractivity contribution in [2.45, 2.75) is 38.1 Å². The molecule has 1 aliphatic carbocycles. The average molecular weight is 210 g/mol. The molecule has 2 rings (SSSR count). The minimum atomic E-state index is -0.192. The maximum Gasteiger partial charge on any atom is 0.326 e. The topological polar surface area (TPSA) is 40.6 Å². The summed E-state index contributed by atoms with van der Waals surface area (Å²) < 4.78 is 0. The molecule has 0 radical (unpaired) electrons. The largest absolute Gasteiger partial charge is 0.326 e. The van der Waals surface area contributed by atoms with E-state index in [1.54, 1.807) is 19.0 Å². The van der Waals surface area contributed by atoms with Crippen molar-refractivity contribution in [2.75, 3.05) is 14.1 Å². The Labute approximate surface area is 90.2 Å². The summed E-state index contributed by atoms with van der Waals surface area (Å²) in [6, 6.07) is -0.349. The number of hydrogen-bond donors (Lipinski definition) is 0. The fraction of sp³-hybridized carbons (Fsp3) is 0.818. The summed E-state index contributed by atoms with van der Waals surface area (Å²) in [6.45, 7) is 0. The number of imide groups is 1. The number of hydrogen-bond acceptors (Lipinski definition) is 2. The van der Waals surface area contributed by atoms with Crippen molar-refractivity contribution in [3.05, 3.63) is 0 Å². The van der Waals surface area contributed by atoms with E-state index < -0.39 is 0 Å². The lowest BCUT2D eigenvalue weighted by Gasteiger charge is -2.29. The molecule has 0 N–H and O–H groups in total. The van der Waals surface area contributed by atoms with E-state index in [0.29, 0.717) is 5.92 Å². The molecule has 1 aliphatic heterocycles. The lowest BCUT2D eigenvalue weighted by Crippen LogP contribution is -2.39. The van der Waals surface area contributed by atoms with Crippen LogP contribution in [0.3, 0.4) is 0 Å². The normalized spacial score (nSPS) is 29.1. The van der Waals surface area contributed by atoms with Crippen LogP contribution in [0.5, 0.6) is 0 Å². The number of amides is 3. The van der Waals surface area contributed by atoms with Crippen LogP contribution in [0.15, 0.2) is 0 Å². The third kappa shape index (κ3) is 1.62. The second-order valence-electron chi connectivity index (χ2n) is 4.63. The molecule has 1 heterocycles. The zero-order valence-corrected chi connectivity index (χ0v) is 9.40. The van der Waals surface area contributed by atoms with Crippen molar-refractivity contribution < 1.29 is 9.59 Å². The molecule has 1 saturated carbocycles. The van der Waals surface area contributed by atoms with Crippen molar-refractivity contribution >= 4 is 11.9 Å². The number of carbonyl (C=O) groups excluding carboxylic acids is 2. The molecule has 2 aliphatic rings. The van der Waals surface area contributed by atoms with Gasteiger partial charge >= 0.3 is 6.03 Å². The van der Waals surface area contributed by atoms with Crippen LogP contribution in [0.2, 0.25) is 0 Å². The van der Waals surface area contributed by atoms with Gasteiger partial charge in [-0.1, -0.05) is 19.3 Å². The summed E-state index contributed by atoms with van der Waals surface area (Å²) in [4.78, 5) is 26.3. The van der Waals surface area contributed by atoms with E-state index in [0.717, 1.165) is 12.8 Å². The van der Waals surface area contributed by atoms with E-state index >= 15 is 0 Å². The zero-order chi connectivity index (χ0) is 11.0. The molecule has 4 heteroatoms. The van der Waals surface area contributed by atoms with Gasteiger partial charge in [0.05, 0.1) is 0 Å². The fourth-order valence-electron chi connectivity index (χ4n) is 2.78.